The minimum Gasteiger partial charge on any atom is -0.374 e. The van der Waals surface area contributed by atoms with Crippen LogP contribution in [0.15, 0.2) is 10.8 Å². The first-order chi connectivity index (χ1) is 11.1. The van der Waals surface area contributed by atoms with Gasteiger partial charge in [0.05, 0.1) is 17.1 Å². The van der Waals surface area contributed by atoms with Crippen molar-refractivity contribution >= 4 is 28.6 Å². The third-order valence-corrected chi connectivity index (χ3v) is 5.16. The number of amides is 1. The fraction of sp³-hybridized carbons (Fsp3) is 0.500. The number of hydrogen-bond donors (Lipinski definition) is 2. The van der Waals surface area contributed by atoms with E-state index < -0.39 is 29.1 Å². The van der Waals surface area contributed by atoms with Gasteiger partial charge in [0.2, 0.25) is 11.5 Å². The zero-order valence-corrected chi connectivity index (χ0v) is 14.6. The van der Waals surface area contributed by atoms with Crippen molar-refractivity contribution in [1.82, 2.24) is 15.3 Å². The molecule has 0 aliphatic rings. The molecule has 2 rings (SSSR count). The summed E-state index contributed by atoms with van der Waals surface area (Å²) in [6.45, 7) is 3.51. The third-order valence-electron chi connectivity index (χ3n) is 3.23. The Balaban J connectivity index is 2.00. The number of hydrogen-bond acceptors (Lipinski definition) is 6. The normalized spacial score (nSPS) is 14.4. The van der Waals surface area contributed by atoms with Gasteiger partial charge in [-0.15, -0.1) is 22.7 Å². The molecule has 0 spiro atoms. The first-order valence-electron chi connectivity index (χ1n) is 7.01. The molecule has 2 N–H and O–H groups in total. The van der Waals surface area contributed by atoms with Crippen molar-refractivity contribution in [1.29, 1.82) is 0 Å². The molecule has 2 heterocycles. The first-order valence-corrected chi connectivity index (χ1v) is 8.77. The average Bonchev–Trinajstić information content (AvgIpc) is 3.06. The van der Waals surface area contributed by atoms with Gasteiger partial charge in [-0.3, -0.25) is 4.79 Å². The van der Waals surface area contributed by atoms with Gasteiger partial charge in [-0.2, -0.15) is 13.2 Å². The van der Waals surface area contributed by atoms with Crippen LogP contribution in [0.5, 0.6) is 0 Å². The third kappa shape index (κ3) is 4.31. The molecule has 5 nitrogen and oxygen atoms in total. The number of aliphatic hydroxyl groups is 1. The van der Waals surface area contributed by atoms with Gasteiger partial charge in [0.25, 0.3) is 0 Å². The molecular weight excluding hydrogens is 363 g/mol. The van der Waals surface area contributed by atoms with Crippen molar-refractivity contribution in [2.45, 2.75) is 38.5 Å². The van der Waals surface area contributed by atoms with E-state index in [2.05, 4.69) is 15.3 Å². The van der Waals surface area contributed by atoms with E-state index in [1.54, 1.807) is 0 Å². The van der Waals surface area contributed by atoms with E-state index in [1.807, 2.05) is 12.3 Å². The molecule has 0 radical (unpaired) electrons. The average molecular weight is 379 g/mol. The Hall–Kier alpha value is -1.52. The lowest BCUT2D eigenvalue weighted by atomic mass is 9.99. The summed E-state index contributed by atoms with van der Waals surface area (Å²) in [5.41, 5.74) is -2.16. The zero-order valence-electron chi connectivity index (χ0n) is 13.0. The lowest BCUT2D eigenvalue weighted by Gasteiger charge is -2.27. The smallest absolute Gasteiger partial charge is 0.374 e. The summed E-state index contributed by atoms with van der Waals surface area (Å²) in [6, 6.07) is 0. The van der Waals surface area contributed by atoms with Crippen molar-refractivity contribution in [3.63, 3.8) is 0 Å². The number of nitrogens with zero attached hydrogens (tertiary/aromatic N) is 2. The molecule has 2 aromatic rings. The van der Waals surface area contributed by atoms with Crippen LogP contribution in [0.4, 0.5) is 13.2 Å². The van der Waals surface area contributed by atoms with E-state index >= 15 is 0 Å². The largest absolute Gasteiger partial charge is 0.424 e. The van der Waals surface area contributed by atoms with E-state index in [0.29, 0.717) is 23.5 Å². The molecule has 1 amide bonds. The fourth-order valence-corrected chi connectivity index (χ4v) is 3.55. The Morgan fingerprint density at radius 2 is 1.96 bits per heavy atom. The van der Waals surface area contributed by atoms with E-state index in [1.165, 1.54) is 23.6 Å². The molecule has 0 aliphatic heterocycles. The molecule has 132 valence electrons. The second-order valence-corrected chi connectivity index (χ2v) is 7.21. The quantitative estimate of drug-likeness (QED) is 0.809. The van der Waals surface area contributed by atoms with Crippen molar-refractivity contribution < 1.29 is 23.1 Å². The molecule has 0 aliphatic carbocycles. The molecule has 0 saturated carbocycles. The van der Waals surface area contributed by atoms with Crippen LogP contribution in [0.25, 0.3) is 0 Å². The molecule has 0 aromatic carbocycles. The number of aromatic nitrogens is 2. The topological polar surface area (TPSA) is 75.1 Å². The van der Waals surface area contributed by atoms with E-state index in [0.717, 1.165) is 10.7 Å². The lowest BCUT2D eigenvalue weighted by Crippen LogP contribution is -2.46. The Morgan fingerprint density at radius 3 is 2.46 bits per heavy atom. The Morgan fingerprint density at radius 1 is 1.25 bits per heavy atom. The van der Waals surface area contributed by atoms with Crippen molar-refractivity contribution in [2.75, 3.05) is 6.54 Å². The summed E-state index contributed by atoms with van der Waals surface area (Å²) in [6.07, 6.45) is -5.71. The fourth-order valence-electron chi connectivity index (χ4n) is 1.99. The molecule has 10 heteroatoms. The lowest BCUT2D eigenvalue weighted by molar-refractivity contribution is -0.267. The molecule has 0 bridgehead atoms. The summed E-state index contributed by atoms with van der Waals surface area (Å²) in [7, 11) is 0. The number of carbonyl (C=O) groups excluding carboxylic acids is 1. The molecule has 0 fully saturated rings. The van der Waals surface area contributed by atoms with Crippen LogP contribution in [0.3, 0.4) is 0 Å². The van der Waals surface area contributed by atoms with E-state index in [-0.39, 0.29) is 6.54 Å². The number of alkyl halides is 3. The van der Waals surface area contributed by atoms with Crippen LogP contribution in [0.2, 0.25) is 0 Å². The van der Waals surface area contributed by atoms with Crippen LogP contribution in [0.1, 0.15) is 27.8 Å². The minimum absolute atomic E-state index is 0.146. The van der Waals surface area contributed by atoms with Gasteiger partial charge in [-0.1, -0.05) is 0 Å². The summed E-state index contributed by atoms with van der Waals surface area (Å²) in [5, 5.41) is 16.0. The molecule has 24 heavy (non-hydrogen) atoms. The van der Waals surface area contributed by atoms with Gasteiger partial charge in [-0.05, 0) is 13.8 Å². The number of nitrogens with one attached hydrogen (secondary N) is 1. The highest BCUT2D eigenvalue weighted by atomic mass is 32.1. The number of aryl methyl sites for hydroxylation is 2. The Kier molecular flexibility index (Phi) is 5.61. The Bertz CT molecular complexity index is 714. The van der Waals surface area contributed by atoms with E-state index in [9.17, 15) is 23.1 Å². The van der Waals surface area contributed by atoms with E-state index in [4.69, 9.17) is 0 Å². The SMILES string of the molecule is Cc1csc([C@](O)(CC(=O)NCCc2csc(C)n2)C(F)(F)F)n1. The highest BCUT2D eigenvalue weighted by Crippen LogP contribution is 2.42. The highest BCUT2D eigenvalue weighted by molar-refractivity contribution is 7.10. The molecule has 1 atom stereocenters. The molecular formula is C14H16F3N3O2S2. The van der Waals surface area contributed by atoms with Crippen LogP contribution in [0, 0.1) is 13.8 Å². The maximum absolute atomic E-state index is 13.3. The van der Waals surface area contributed by atoms with Gasteiger partial charge in [0, 0.05) is 29.4 Å². The highest BCUT2D eigenvalue weighted by Gasteiger charge is 2.58. The van der Waals surface area contributed by atoms with Crippen LogP contribution >= 0.6 is 22.7 Å². The van der Waals surface area contributed by atoms with Gasteiger partial charge in [-0.25, -0.2) is 9.97 Å². The minimum atomic E-state index is -5.00. The van der Waals surface area contributed by atoms with Crippen LogP contribution in [-0.2, 0) is 16.8 Å². The number of carbonyl (C=O) groups is 1. The maximum Gasteiger partial charge on any atom is 0.424 e. The summed E-state index contributed by atoms with van der Waals surface area (Å²) in [5.74, 6) is -0.894. The van der Waals surface area contributed by atoms with Crippen molar-refractivity contribution in [3.05, 3.63) is 32.2 Å². The number of halogens is 3. The first kappa shape index (κ1) is 18.8. The molecule has 0 unspecified atom stereocenters. The van der Waals surface area contributed by atoms with Crippen molar-refractivity contribution in [3.8, 4) is 0 Å². The summed E-state index contributed by atoms with van der Waals surface area (Å²) < 4.78 is 39.8. The Labute approximate surface area is 144 Å². The van der Waals surface area contributed by atoms with Gasteiger partial charge in [0.1, 0.15) is 5.01 Å². The van der Waals surface area contributed by atoms with Crippen LogP contribution < -0.4 is 5.32 Å². The predicted octanol–water partition coefficient (Wildman–Crippen LogP) is 2.72. The monoisotopic (exact) mass is 379 g/mol. The van der Waals surface area contributed by atoms with Gasteiger partial charge < -0.3 is 10.4 Å². The van der Waals surface area contributed by atoms with Gasteiger partial charge >= 0.3 is 6.18 Å². The predicted molar refractivity (Wildman–Crippen MR) is 85.0 cm³/mol. The second kappa shape index (κ2) is 7.16. The van der Waals surface area contributed by atoms with Crippen molar-refractivity contribution in [2.24, 2.45) is 0 Å². The zero-order chi connectivity index (χ0) is 18.0. The number of rotatable bonds is 6. The molecule has 0 saturated heterocycles. The molecule has 2 aromatic heterocycles. The van der Waals surface area contributed by atoms with Gasteiger partial charge in [0.15, 0.2) is 0 Å². The summed E-state index contributed by atoms with van der Waals surface area (Å²) in [4.78, 5) is 19.8. The second-order valence-electron chi connectivity index (χ2n) is 5.29. The standard InChI is InChI=1S/C14H16F3N3O2S2/c1-8-6-24-12(19-8)13(22,14(15,16)17)5-11(21)18-4-3-10-7-23-9(2)20-10/h6-7,22H,3-5H2,1-2H3,(H,18,21)/t13-/m1/s1. The maximum atomic E-state index is 13.3. The van der Waals surface area contributed by atoms with Crippen LogP contribution in [-0.4, -0.2) is 33.7 Å². The summed E-state index contributed by atoms with van der Waals surface area (Å²) >= 11 is 2.14. The number of thiazole rings is 2.